The molecule has 1 heterocycles. The summed E-state index contributed by atoms with van der Waals surface area (Å²) in [6, 6.07) is 2.21. The lowest BCUT2D eigenvalue weighted by atomic mass is 9.67. The highest BCUT2D eigenvalue weighted by atomic mass is 79.9. The summed E-state index contributed by atoms with van der Waals surface area (Å²) < 4.78 is 1.19. The highest BCUT2D eigenvalue weighted by molar-refractivity contribution is 9.10. The van der Waals surface area contributed by atoms with E-state index in [9.17, 15) is 0 Å². The van der Waals surface area contributed by atoms with E-state index in [0.717, 1.165) is 12.3 Å². The predicted molar refractivity (Wildman–Crippen MR) is 74.8 cm³/mol. The first-order valence-electron chi connectivity index (χ1n) is 6.03. The molecule has 1 aliphatic rings. The van der Waals surface area contributed by atoms with E-state index in [1.165, 1.54) is 28.6 Å². The molecule has 1 aromatic heterocycles. The van der Waals surface area contributed by atoms with E-state index in [2.05, 4.69) is 41.2 Å². The smallest absolute Gasteiger partial charge is 0.0285 e. The van der Waals surface area contributed by atoms with E-state index < -0.39 is 0 Å². The molecule has 1 nitrogen and oxygen atoms in total. The predicted octanol–water partition coefficient (Wildman–Crippen LogP) is 4.21. The molecule has 0 saturated heterocycles. The summed E-state index contributed by atoms with van der Waals surface area (Å²) >= 11 is 5.33. The Morgan fingerprint density at radius 2 is 2.31 bits per heavy atom. The standard InChI is InChI=1S/C13H20BrNS/c1-9-4-3-5-13(15,10(9)2)7-12-6-11(14)8-16-12/h6,8-10H,3-5,7,15H2,1-2H3. The second kappa shape index (κ2) is 4.79. The van der Waals surface area contributed by atoms with Crippen molar-refractivity contribution in [2.75, 3.05) is 0 Å². The Morgan fingerprint density at radius 3 is 2.94 bits per heavy atom. The van der Waals surface area contributed by atoms with Gasteiger partial charge in [-0.1, -0.05) is 26.7 Å². The molecule has 1 fully saturated rings. The van der Waals surface area contributed by atoms with E-state index >= 15 is 0 Å². The summed E-state index contributed by atoms with van der Waals surface area (Å²) in [5, 5.41) is 2.15. The maximum absolute atomic E-state index is 6.63. The third kappa shape index (κ3) is 2.52. The minimum Gasteiger partial charge on any atom is -0.325 e. The zero-order chi connectivity index (χ0) is 11.8. The average molecular weight is 302 g/mol. The van der Waals surface area contributed by atoms with E-state index in [1.807, 2.05) is 11.3 Å². The molecule has 2 rings (SSSR count). The van der Waals surface area contributed by atoms with Crippen LogP contribution >= 0.6 is 27.3 Å². The molecule has 2 N–H and O–H groups in total. The van der Waals surface area contributed by atoms with Crippen molar-refractivity contribution in [3.8, 4) is 0 Å². The minimum atomic E-state index is 0.0158. The molecule has 1 saturated carbocycles. The van der Waals surface area contributed by atoms with Crippen LogP contribution in [0.3, 0.4) is 0 Å². The zero-order valence-electron chi connectivity index (χ0n) is 10.0. The molecule has 16 heavy (non-hydrogen) atoms. The molecular weight excluding hydrogens is 282 g/mol. The summed E-state index contributed by atoms with van der Waals surface area (Å²) in [4.78, 5) is 1.41. The van der Waals surface area contributed by atoms with Gasteiger partial charge in [0.2, 0.25) is 0 Å². The van der Waals surface area contributed by atoms with Gasteiger partial charge in [-0.3, -0.25) is 0 Å². The van der Waals surface area contributed by atoms with Gasteiger partial charge in [-0.25, -0.2) is 0 Å². The maximum Gasteiger partial charge on any atom is 0.0285 e. The summed E-state index contributed by atoms with van der Waals surface area (Å²) in [6.45, 7) is 4.67. The molecule has 0 bridgehead atoms. The molecule has 3 atom stereocenters. The highest BCUT2D eigenvalue weighted by Gasteiger charge is 2.38. The van der Waals surface area contributed by atoms with Gasteiger partial charge >= 0.3 is 0 Å². The SMILES string of the molecule is CC1CCCC(N)(Cc2cc(Br)cs2)C1C. The molecule has 0 radical (unpaired) electrons. The first-order chi connectivity index (χ1) is 7.51. The van der Waals surface area contributed by atoms with Crippen LogP contribution in [0.4, 0.5) is 0 Å². The van der Waals surface area contributed by atoms with Crippen LogP contribution in [0.5, 0.6) is 0 Å². The van der Waals surface area contributed by atoms with Crippen molar-refractivity contribution in [2.24, 2.45) is 17.6 Å². The van der Waals surface area contributed by atoms with E-state index in [0.29, 0.717) is 5.92 Å². The van der Waals surface area contributed by atoms with Crippen LogP contribution in [0.15, 0.2) is 15.9 Å². The normalized spacial score (nSPS) is 35.2. The van der Waals surface area contributed by atoms with Gasteiger partial charge in [-0.2, -0.15) is 0 Å². The summed E-state index contributed by atoms with van der Waals surface area (Å²) in [7, 11) is 0. The van der Waals surface area contributed by atoms with Gasteiger partial charge in [0.05, 0.1) is 0 Å². The lowest BCUT2D eigenvalue weighted by Crippen LogP contribution is -2.52. The van der Waals surface area contributed by atoms with Crippen molar-refractivity contribution in [1.29, 1.82) is 0 Å². The van der Waals surface area contributed by atoms with Gasteiger partial charge in [0.1, 0.15) is 0 Å². The first-order valence-corrected chi connectivity index (χ1v) is 7.70. The van der Waals surface area contributed by atoms with Crippen LogP contribution in [0, 0.1) is 11.8 Å². The number of hydrogen-bond acceptors (Lipinski definition) is 2. The number of nitrogens with two attached hydrogens (primary N) is 1. The molecule has 0 spiro atoms. The van der Waals surface area contributed by atoms with E-state index in [1.54, 1.807) is 0 Å². The van der Waals surface area contributed by atoms with Crippen molar-refractivity contribution < 1.29 is 0 Å². The first kappa shape index (κ1) is 12.6. The lowest BCUT2D eigenvalue weighted by molar-refractivity contribution is 0.144. The Morgan fingerprint density at radius 1 is 1.56 bits per heavy atom. The van der Waals surface area contributed by atoms with Crippen molar-refractivity contribution in [3.63, 3.8) is 0 Å². The maximum atomic E-state index is 6.63. The largest absolute Gasteiger partial charge is 0.325 e. The summed E-state index contributed by atoms with van der Waals surface area (Å²) in [5.74, 6) is 1.39. The summed E-state index contributed by atoms with van der Waals surface area (Å²) in [6.07, 6.45) is 4.84. The second-order valence-electron chi connectivity index (χ2n) is 5.30. The van der Waals surface area contributed by atoms with Gasteiger partial charge in [0.25, 0.3) is 0 Å². The lowest BCUT2D eigenvalue weighted by Gasteiger charge is -2.43. The fourth-order valence-electron chi connectivity index (χ4n) is 2.82. The minimum absolute atomic E-state index is 0.0158. The van der Waals surface area contributed by atoms with E-state index in [-0.39, 0.29) is 5.54 Å². The monoisotopic (exact) mass is 301 g/mol. The number of hydrogen-bond donors (Lipinski definition) is 1. The Kier molecular flexibility index (Phi) is 3.77. The van der Waals surface area contributed by atoms with Crippen LogP contribution in [0.2, 0.25) is 0 Å². The van der Waals surface area contributed by atoms with Gasteiger partial charge < -0.3 is 5.73 Å². The third-order valence-corrected chi connectivity index (χ3v) is 5.88. The fourth-order valence-corrected chi connectivity index (χ4v) is 4.41. The number of thiophene rings is 1. The number of rotatable bonds is 2. The Bertz CT molecular complexity index is 363. The van der Waals surface area contributed by atoms with Gasteiger partial charge in [-0.15, -0.1) is 11.3 Å². The Balaban J connectivity index is 2.12. The Labute approximate surface area is 111 Å². The van der Waals surface area contributed by atoms with Crippen LogP contribution in [0.25, 0.3) is 0 Å². The summed E-state index contributed by atoms with van der Waals surface area (Å²) in [5.41, 5.74) is 6.64. The molecule has 1 aliphatic carbocycles. The molecule has 0 amide bonds. The van der Waals surface area contributed by atoms with Gasteiger partial charge in [-0.05, 0) is 40.3 Å². The van der Waals surface area contributed by atoms with Crippen molar-refractivity contribution in [2.45, 2.75) is 45.1 Å². The quantitative estimate of drug-likeness (QED) is 0.870. The molecule has 90 valence electrons. The molecular formula is C13H20BrNS. The molecule has 3 unspecified atom stereocenters. The fraction of sp³-hybridized carbons (Fsp3) is 0.692. The van der Waals surface area contributed by atoms with Crippen LogP contribution in [-0.2, 0) is 6.42 Å². The van der Waals surface area contributed by atoms with Crippen molar-refractivity contribution in [1.82, 2.24) is 0 Å². The molecule has 1 aromatic rings. The van der Waals surface area contributed by atoms with Gasteiger partial charge in [0.15, 0.2) is 0 Å². The Hall–Kier alpha value is 0.140. The number of halogens is 1. The average Bonchev–Trinajstić information content (AvgIpc) is 2.60. The zero-order valence-corrected chi connectivity index (χ0v) is 12.4. The van der Waals surface area contributed by atoms with Gasteiger partial charge in [0, 0.05) is 26.7 Å². The molecule has 3 heteroatoms. The van der Waals surface area contributed by atoms with Crippen molar-refractivity contribution >= 4 is 27.3 Å². The highest BCUT2D eigenvalue weighted by Crippen LogP contribution is 2.39. The van der Waals surface area contributed by atoms with Crippen molar-refractivity contribution in [3.05, 3.63) is 20.8 Å². The molecule has 0 aliphatic heterocycles. The van der Waals surface area contributed by atoms with Crippen LogP contribution < -0.4 is 5.73 Å². The molecule has 0 aromatic carbocycles. The second-order valence-corrected chi connectivity index (χ2v) is 7.21. The van der Waals surface area contributed by atoms with Crippen LogP contribution in [0.1, 0.15) is 38.0 Å². The third-order valence-electron chi connectivity index (χ3n) is 4.19. The topological polar surface area (TPSA) is 26.0 Å². The van der Waals surface area contributed by atoms with Crippen LogP contribution in [-0.4, -0.2) is 5.54 Å². The van der Waals surface area contributed by atoms with E-state index in [4.69, 9.17) is 5.73 Å².